The van der Waals surface area contributed by atoms with E-state index in [0.29, 0.717) is 5.76 Å². The highest BCUT2D eigenvalue weighted by Crippen LogP contribution is 2.25. The SMILES string of the molecule is C[C@@H](N[C@H](c1ccccc1)c1ccco1)C(=O)Nc1ccccc1[N+](=O)[O-]. The normalized spacial score (nSPS) is 12.9. The summed E-state index contributed by atoms with van der Waals surface area (Å²) in [6.07, 6.45) is 1.57. The van der Waals surface area contributed by atoms with Crippen LogP contribution in [0.2, 0.25) is 0 Å². The number of para-hydroxylation sites is 2. The first-order chi connectivity index (χ1) is 13.1. The molecule has 27 heavy (non-hydrogen) atoms. The zero-order valence-corrected chi connectivity index (χ0v) is 14.7. The number of nitro benzene ring substituents is 1. The molecule has 138 valence electrons. The molecule has 0 fully saturated rings. The molecule has 0 aliphatic carbocycles. The number of benzene rings is 2. The topological polar surface area (TPSA) is 97.4 Å². The molecule has 0 aliphatic rings. The first-order valence-electron chi connectivity index (χ1n) is 8.45. The number of hydrogen-bond donors (Lipinski definition) is 2. The van der Waals surface area contributed by atoms with E-state index >= 15 is 0 Å². The third-order valence-electron chi connectivity index (χ3n) is 4.13. The number of carbonyl (C=O) groups excluding carboxylic acids is 1. The van der Waals surface area contributed by atoms with Gasteiger partial charge < -0.3 is 9.73 Å². The largest absolute Gasteiger partial charge is 0.467 e. The lowest BCUT2D eigenvalue weighted by molar-refractivity contribution is -0.383. The average Bonchev–Trinajstić information content (AvgIpc) is 3.21. The van der Waals surface area contributed by atoms with Crippen molar-refractivity contribution in [2.45, 2.75) is 19.0 Å². The molecule has 0 aliphatic heterocycles. The minimum absolute atomic E-state index is 0.149. The predicted octanol–water partition coefficient (Wildman–Crippen LogP) is 3.89. The average molecular weight is 365 g/mol. The molecule has 1 amide bonds. The summed E-state index contributed by atoms with van der Waals surface area (Å²) in [5.74, 6) is 0.295. The van der Waals surface area contributed by atoms with Crippen LogP contribution in [0.15, 0.2) is 77.4 Å². The third-order valence-corrected chi connectivity index (χ3v) is 4.13. The molecule has 0 bridgehead atoms. The number of rotatable bonds is 7. The fraction of sp³-hybridized carbons (Fsp3) is 0.150. The maximum atomic E-state index is 12.6. The molecule has 2 atom stereocenters. The molecule has 0 saturated heterocycles. The van der Waals surface area contributed by atoms with Gasteiger partial charge in [-0.05, 0) is 30.7 Å². The van der Waals surface area contributed by atoms with Crippen LogP contribution in [0, 0.1) is 10.1 Å². The second-order valence-corrected chi connectivity index (χ2v) is 6.01. The number of hydrogen-bond acceptors (Lipinski definition) is 5. The molecule has 0 unspecified atom stereocenters. The van der Waals surface area contributed by atoms with Gasteiger partial charge in [-0.2, -0.15) is 0 Å². The summed E-state index contributed by atoms with van der Waals surface area (Å²) in [4.78, 5) is 23.2. The van der Waals surface area contributed by atoms with Gasteiger partial charge in [0.15, 0.2) is 0 Å². The Morgan fingerprint density at radius 1 is 1.04 bits per heavy atom. The minimum Gasteiger partial charge on any atom is -0.467 e. The number of amides is 1. The zero-order valence-electron chi connectivity index (χ0n) is 14.7. The van der Waals surface area contributed by atoms with Gasteiger partial charge in [0.1, 0.15) is 11.4 Å². The summed E-state index contributed by atoms with van der Waals surface area (Å²) in [6.45, 7) is 1.70. The molecule has 0 radical (unpaired) electrons. The zero-order chi connectivity index (χ0) is 19.2. The van der Waals surface area contributed by atoms with Crippen molar-refractivity contribution in [3.05, 3.63) is 94.4 Å². The Morgan fingerprint density at radius 2 is 1.74 bits per heavy atom. The van der Waals surface area contributed by atoms with Gasteiger partial charge in [0.25, 0.3) is 5.69 Å². The Morgan fingerprint density at radius 3 is 2.41 bits per heavy atom. The summed E-state index contributed by atoms with van der Waals surface area (Å²) in [5, 5.41) is 17.0. The van der Waals surface area contributed by atoms with E-state index < -0.39 is 11.0 Å². The molecule has 2 aromatic carbocycles. The molecule has 2 N–H and O–H groups in total. The first kappa shape index (κ1) is 18.3. The molecule has 3 rings (SSSR count). The Balaban J connectivity index is 1.77. The number of nitro groups is 1. The molecule has 1 aromatic heterocycles. The van der Waals surface area contributed by atoms with Crippen LogP contribution in [0.1, 0.15) is 24.3 Å². The Kier molecular flexibility index (Phi) is 5.63. The Labute approximate surface area is 156 Å². The molecular formula is C20H19N3O4. The highest BCUT2D eigenvalue weighted by Gasteiger charge is 2.24. The van der Waals surface area contributed by atoms with Crippen molar-refractivity contribution < 1.29 is 14.1 Å². The fourth-order valence-electron chi connectivity index (χ4n) is 2.75. The molecule has 7 heteroatoms. The number of anilines is 1. The van der Waals surface area contributed by atoms with Gasteiger partial charge in [-0.1, -0.05) is 42.5 Å². The highest BCUT2D eigenvalue weighted by molar-refractivity contribution is 5.96. The van der Waals surface area contributed by atoms with Crippen molar-refractivity contribution in [3.8, 4) is 0 Å². The molecule has 0 spiro atoms. The smallest absolute Gasteiger partial charge is 0.292 e. The van der Waals surface area contributed by atoms with Gasteiger partial charge in [0.2, 0.25) is 5.91 Å². The van der Waals surface area contributed by atoms with Gasteiger partial charge in [0.05, 0.1) is 23.3 Å². The quantitative estimate of drug-likeness (QED) is 0.489. The molecular weight excluding hydrogens is 346 g/mol. The van der Waals surface area contributed by atoms with E-state index in [1.54, 1.807) is 31.4 Å². The van der Waals surface area contributed by atoms with Crippen LogP contribution in [0.4, 0.5) is 11.4 Å². The predicted molar refractivity (Wildman–Crippen MR) is 101 cm³/mol. The van der Waals surface area contributed by atoms with E-state index in [0.717, 1.165) is 5.56 Å². The van der Waals surface area contributed by atoms with Crippen molar-refractivity contribution >= 4 is 17.3 Å². The van der Waals surface area contributed by atoms with Crippen LogP contribution in [0.25, 0.3) is 0 Å². The van der Waals surface area contributed by atoms with Crippen LogP contribution in [0.5, 0.6) is 0 Å². The van der Waals surface area contributed by atoms with Gasteiger partial charge in [-0.15, -0.1) is 0 Å². The standard InChI is InChI=1S/C20H19N3O4/c1-14(20(24)22-16-10-5-6-11-17(16)23(25)26)21-19(18-12-7-13-27-18)15-8-3-2-4-9-15/h2-14,19,21H,1H3,(H,22,24)/t14-,19-/m1/s1. The van der Waals surface area contributed by atoms with Crippen LogP contribution >= 0.6 is 0 Å². The lowest BCUT2D eigenvalue weighted by Crippen LogP contribution is -2.40. The van der Waals surface area contributed by atoms with E-state index in [1.807, 2.05) is 36.4 Å². The summed E-state index contributed by atoms with van der Waals surface area (Å²) >= 11 is 0. The van der Waals surface area contributed by atoms with Gasteiger partial charge in [-0.25, -0.2) is 0 Å². The Bertz CT molecular complexity index is 910. The van der Waals surface area contributed by atoms with Gasteiger partial charge >= 0.3 is 0 Å². The van der Waals surface area contributed by atoms with E-state index in [2.05, 4.69) is 10.6 Å². The van der Waals surface area contributed by atoms with E-state index in [4.69, 9.17) is 4.42 Å². The molecule has 3 aromatic rings. The maximum absolute atomic E-state index is 12.6. The van der Waals surface area contributed by atoms with Gasteiger partial charge in [0, 0.05) is 6.07 Å². The van der Waals surface area contributed by atoms with Crippen molar-refractivity contribution in [3.63, 3.8) is 0 Å². The number of carbonyl (C=O) groups is 1. The number of nitrogens with one attached hydrogen (secondary N) is 2. The minimum atomic E-state index is -0.625. The van der Waals surface area contributed by atoms with Crippen molar-refractivity contribution in [2.75, 3.05) is 5.32 Å². The van der Waals surface area contributed by atoms with Crippen molar-refractivity contribution in [1.29, 1.82) is 0 Å². The lowest BCUT2D eigenvalue weighted by Gasteiger charge is -2.22. The first-order valence-corrected chi connectivity index (χ1v) is 8.45. The van der Waals surface area contributed by atoms with E-state index in [9.17, 15) is 14.9 Å². The van der Waals surface area contributed by atoms with E-state index in [-0.39, 0.29) is 23.3 Å². The second-order valence-electron chi connectivity index (χ2n) is 6.01. The maximum Gasteiger partial charge on any atom is 0.292 e. The Hall–Kier alpha value is -3.45. The van der Waals surface area contributed by atoms with Crippen LogP contribution in [-0.2, 0) is 4.79 Å². The summed E-state index contributed by atoms with van der Waals surface area (Å²) in [7, 11) is 0. The number of furan rings is 1. The van der Waals surface area contributed by atoms with E-state index in [1.165, 1.54) is 12.1 Å². The fourth-order valence-corrected chi connectivity index (χ4v) is 2.75. The molecule has 1 heterocycles. The van der Waals surface area contributed by atoms with Crippen molar-refractivity contribution in [1.82, 2.24) is 5.32 Å². The van der Waals surface area contributed by atoms with Crippen LogP contribution in [0.3, 0.4) is 0 Å². The third kappa shape index (κ3) is 4.39. The lowest BCUT2D eigenvalue weighted by atomic mass is 10.0. The number of nitrogens with zero attached hydrogens (tertiary/aromatic N) is 1. The van der Waals surface area contributed by atoms with Crippen LogP contribution in [-0.4, -0.2) is 16.9 Å². The van der Waals surface area contributed by atoms with Crippen LogP contribution < -0.4 is 10.6 Å². The monoisotopic (exact) mass is 365 g/mol. The molecule has 7 nitrogen and oxygen atoms in total. The summed E-state index contributed by atoms with van der Waals surface area (Å²) in [5.41, 5.74) is 0.955. The summed E-state index contributed by atoms with van der Waals surface area (Å²) < 4.78 is 5.52. The van der Waals surface area contributed by atoms with Crippen molar-refractivity contribution in [2.24, 2.45) is 0 Å². The second kappa shape index (κ2) is 8.29. The molecule has 0 saturated carbocycles. The highest BCUT2D eigenvalue weighted by atomic mass is 16.6. The summed E-state index contributed by atoms with van der Waals surface area (Å²) in [6, 6.07) is 18.3. The van der Waals surface area contributed by atoms with Gasteiger partial charge in [-0.3, -0.25) is 20.2 Å².